The Kier molecular flexibility index (Phi) is 4.83. The van der Waals surface area contributed by atoms with E-state index in [9.17, 15) is 19.7 Å². The number of hydrogen-bond acceptors (Lipinski definition) is 5. The summed E-state index contributed by atoms with van der Waals surface area (Å²) < 4.78 is 4.83. The second kappa shape index (κ2) is 6.00. The smallest absolute Gasteiger partial charge is 0.319 e. The van der Waals surface area contributed by atoms with Crippen molar-refractivity contribution < 1.29 is 19.2 Å². The summed E-state index contributed by atoms with van der Waals surface area (Å²) in [5, 5.41) is 10.8. The molecule has 0 heterocycles. The summed E-state index contributed by atoms with van der Waals surface area (Å²) in [6, 6.07) is 3.51. The number of nitro groups is 1. The number of benzene rings is 1. The average Bonchev–Trinajstić information content (AvgIpc) is 2.38. The highest BCUT2D eigenvalue weighted by atomic mass is 35.5. The number of halogens is 1. The van der Waals surface area contributed by atoms with E-state index in [-0.39, 0.29) is 22.9 Å². The van der Waals surface area contributed by atoms with Crippen LogP contribution in [0.3, 0.4) is 0 Å². The molecule has 0 saturated heterocycles. The van der Waals surface area contributed by atoms with Crippen LogP contribution in [-0.4, -0.2) is 23.3 Å². The van der Waals surface area contributed by atoms with E-state index in [0.717, 1.165) is 6.07 Å². The maximum Gasteiger partial charge on any atom is 0.319 e. The number of ketones is 1. The molecule has 6 nitrogen and oxygen atoms in total. The van der Waals surface area contributed by atoms with E-state index in [4.69, 9.17) is 16.3 Å². The number of nitrogens with zero attached hydrogens (tertiary/aromatic N) is 1. The number of carbonyl (C=O) groups excluding carboxylic acids is 2. The third kappa shape index (κ3) is 3.14. The molecule has 0 aromatic heterocycles. The molecule has 0 unspecified atom stereocenters. The van der Waals surface area contributed by atoms with Crippen LogP contribution in [0, 0.1) is 15.5 Å². The maximum absolute atomic E-state index is 12.4. The fourth-order valence-electron chi connectivity index (χ4n) is 1.54. The molecule has 108 valence electrons. The fourth-order valence-corrected chi connectivity index (χ4v) is 1.75. The third-order valence-electron chi connectivity index (χ3n) is 2.76. The molecule has 1 aromatic carbocycles. The van der Waals surface area contributed by atoms with Gasteiger partial charge in [-0.05, 0) is 26.8 Å². The molecule has 7 heteroatoms. The van der Waals surface area contributed by atoms with Gasteiger partial charge in [0.05, 0.1) is 16.6 Å². The molecular formula is C13H14ClNO5. The van der Waals surface area contributed by atoms with E-state index in [1.807, 2.05) is 0 Å². The Hall–Kier alpha value is -1.95. The van der Waals surface area contributed by atoms with Gasteiger partial charge in [-0.1, -0.05) is 11.6 Å². The Labute approximate surface area is 120 Å². The number of ether oxygens (including phenoxy) is 1. The molecule has 0 radical (unpaired) electrons. The highest BCUT2D eigenvalue weighted by Gasteiger charge is 2.39. The van der Waals surface area contributed by atoms with Crippen molar-refractivity contribution in [1.29, 1.82) is 0 Å². The van der Waals surface area contributed by atoms with Crippen molar-refractivity contribution in [2.24, 2.45) is 5.41 Å². The van der Waals surface area contributed by atoms with Crippen molar-refractivity contribution in [3.05, 3.63) is 38.9 Å². The molecule has 1 rings (SSSR count). The van der Waals surface area contributed by atoms with E-state index in [1.165, 1.54) is 26.0 Å². The van der Waals surface area contributed by atoms with Crippen molar-refractivity contribution in [1.82, 2.24) is 0 Å². The lowest BCUT2D eigenvalue weighted by molar-refractivity contribution is -0.384. The Balaban J connectivity index is 3.23. The van der Waals surface area contributed by atoms with Crippen LogP contribution in [0.4, 0.5) is 5.69 Å². The normalized spacial score (nSPS) is 11.0. The summed E-state index contributed by atoms with van der Waals surface area (Å²) in [5.74, 6) is -1.32. The molecule has 0 bridgehead atoms. The topological polar surface area (TPSA) is 86.5 Å². The maximum atomic E-state index is 12.4. The van der Waals surface area contributed by atoms with Crippen LogP contribution in [0.15, 0.2) is 18.2 Å². The summed E-state index contributed by atoms with van der Waals surface area (Å²) in [5.41, 5.74) is -1.80. The van der Waals surface area contributed by atoms with E-state index in [0.29, 0.717) is 0 Å². The highest BCUT2D eigenvalue weighted by molar-refractivity contribution is 6.35. The van der Waals surface area contributed by atoms with Crippen molar-refractivity contribution in [3.63, 3.8) is 0 Å². The van der Waals surface area contributed by atoms with E-state index < -0.39 is 22.1 Å². The largest absolute Gasteiger partial charge is 0.465 e. The van der Waals surface area contributed by atoms with Gasteiger partial charge in [0.15, 0.2) is 5.78 Å². The Morgan fingerprint density at radius 2 is 2.00 bits per heavy atom. The number of non-ortho nitro benzene ring substituents is 1. The summed E-state index contributed by atoms with van der Waals surface area (Å²) >= 11 is 5.89. The molecule has 0 N–H and O–H groups in total. The number of esters is 1. The number of nitro benzene ring substituents is 1. The van der Waals surface area contributed by atoms with Gasteiger partial charge < -0.3 is 4.74 Å². The molecule has 0 aliphatic heterocycles. The average molecular weight is 300 g/mol. The van der Waals surface area contributed by atoms with E-state index in [2.05, 4.69) is 0 Å². The molecule has 0 saturated carbocycles. The number of rotatable bonds is 5. The summed E-state index contributed by atoms with van der Waals surface area (Å²) in [7, 11) is 0. The Bertz CT molecular complexity index is 568. The molecule has 20 heavy (non-hydrogen) atoms. The van der Waals surface area contributed by atoms with Gasteiger partial charge in [-0.25, -0.2) is 0 Å². The van der Waals surface area contributed by atoms with Crippen LogP contribution in [0.1, 0.15) is 31.1 Å². The zero-order chi connectivity index (χ0) is 15.5. The van der Waals surface area contributed by atoms with Crippen LogP contribution in [-0.2, 0) is 9.53 Å². The summed E-state index contributed by atoms with van der Waals surface area (Å²) in [6.07, 6.45) is 0. The van der Waals surface area contributed by atoms with Crippen LogP contribution in [0.25, 0.3) is 0 Å². The van der Waals surface area contributed by atoms with Gasteiger partial charge in [-0.2, -0.15) is 0 Å². The lowest BCUT2D eigenvalue weighted by atomic mass is 9.84. The molecular weight excluding hydrogens is 286 g/mol. The zero-order valence-electron chi connectivity index (χ0n) is 11.3. The lowest BCUT2D eigenvalue weighted by Gasteiger charge is -2.21. The summed E-state index contributed by atoms with van der Waals surface area (Å²) in [6.45, 7) is 4.54. The molecule has 0 aliphatic rings. The quantitative estimate of drug-likeness (QED) is 0.274. The Morgan fingerprint density at radius 1 is 1.40 bits per heavy atom. The second-order valence-corrected chi connectivity index (χ2v) is 5.00. The second-order valence-electron chi connectivity index (χ2n) is 4.60. The van der Waals surface area contributed by atoms with Crippen LogP contribution in [0.5, 0.6) is 0 Å². The van der Waals surface area contributed by atoms with Gasteiger partial charge in [0.25, 0.3) is 5.69 Å². The van der Waals surface area contributed by atoms with E-state index >= 15 is 0 Å². The van der Waals surface area contributed by atoms with Crippen molar-refractivity contribution in [2.75, 3.05) is 6.61 Å². The van der Waals surface area contributed by atoms with Crippen LogP contribution in [0.2, 0.25) is 5.02 Å². The molecule has 0 fully saturated rings. The van der Waals surface area contributed by atoms with Gasteiger partial charge in [0, 0.05) is 17.7 Å². The molecule has 0 amide bonds. The fraction of sp³-hybridized carbons (Fsp3) is 0.385. The monoisotopic (exact) mass is 299 g/mol. The lowest BCUT2D eigenvalue weighted by Crippen LogP contribution is -2.35. The third-order valence-corrected chi connectivity index (χ3v) is 3.09. The van der Waals surface area contributed by atoms with Gasteiger partial charge in [0.1, 0.15) is 5.41 Å². The minimum Gasteiger partial charge on any atom is -0.465 e. The van der Waals surface area contributed by atoms with Crippen molar-refractivity contribution in [2.45, 2.75) is 20.8 Å². The van der Waals surface area contributed by atoms with Gasteiger partial charge >= 0.3 is 5.97 Å². The first-order valence-electron chi connectivity index (χ1n) is 5.87. The van der Waals surface area contributed by atoms with E-state index in [1.54, 1.807) is 6.92 Å². The van der Waals surface area contributed by atoms with Crippen molar-refractivity contribution in [3.8, 4) is 0 Å². The SMILES string of the molecule is CCOC(=O)C(C)(C)C(=O)c1cc([N+](=O)[O-])ccc1Cl. The predicted octanol–water partition coefficient (Wildman–Crippen LogP) is 3.02. The standard InChI is InChI=1S/C13H14ClNO5/c1-4-20-12(17)13(2,3)11(16)9-7-8(15(18)19)5-6-10(9)14/h5-7H,4H2,1-3H3. The molecule has 0 aliphatic carbocycles. The van der Waals surface area contributed by atoms with Crippen molar-refractivity contribution >= 4 is 29.0 Å². The van der Waals surface area contributed by atoms with Crippen LogP contribution >= 0.6 is 11.6 Å². The molecule has 1 aromatic rings. The molecule has 0 spiro atoms. The van der Waals surface area contributed by atoms with Crippen LogP contribution < -0.4 is 0 Å². The van der Waals surface area contributed by atoms with Gasteiger partial charge in [-0.3, -0.25) is 19.7 Å². The zero-order valence-corrected chi connectivity index (χ0v) is 12.1. The summed E-state index contributed by atoms with van der Waals surface area (Å²) in [4.78, 5) is 34.3. The van der Waals surface area contributed by atoms with Gasteiger partial charge in [0.2, 0.25) is 0 Å². The minimum absolute atomic E-state index is 0.0537. The van der Waals surface area contributed by atoms with Gasteiger partial charge in [-0.15, -0.1) is 0 Å². The Morgan fingerprint density at radius 3 is 2.50 bits per heavy atom. The minimum atomic E-state index is -1.46. The first-order chi connectivity index (χ1) is 9.21. The first-order valence-corrected chi connectivity index (χ1v) is 6.25. The first kappa shape index (κ1) is 16.1. The highest BCUT2D eigenvalue weighted by Crippen LogP contribution is 2.30. The molecule has 0 atom stereocenters. The number of carbonyl (C=O) groups is 2. The number of Topliss-reactive ketones (excluding diaryl/α,β-unsaturated/α-hetero) is 1. The number of hydrogen-bond donors (Lipinski definition) is 0. The predicted molar refractivity (Wildman–Crippen MR) is 72.9 cm³/mol.